The molecule has 1 atom stereocenters. The van der Waals surface area contributed by atoms with E-state index < -0.39 is 0 Å². The lowest BCUT2D eigenvalue weighted by atomic mass is 10.7. The fraction of sp³-hybridized carbons (Fsp3) is 0.750. The van der Waals surface area contributed by atoms with Gasteiger partial charge in [0.05, 0.1) is 0 Å². The van der Waals surface area contributed by atoms with E-state index >= 15 is 0 Å². The summed E-state index contributed by atoms with van der Waals surface area (Å²) in [6.45, 7) is 1.00. The molecular weight excluding hydrogens is 122 g/mol. The summed E-state index contributed by atoms with van der Waals surface area (Å²) < 4.78 is 0. The molecule has 1 unspecified atom stereocenters. The summed E-state index contributed by atoms with van der Waals surface area (Å²) >= 11 is 1.72. The summed E-state index contributed by atoms with van der Waals surface area (Å²) in [5, 5.41) is 13.8. The molecule has 3 nitrogen and oxygen atoms in total. The van der Waals surface area contributed by atoms with Crippen molar-refractivity contribution in [3.8, 4) is 6.19 Å². The lowest BCUT2D eigenvalue weighted by Crippen LogP contribution is -2.31. The largest absolute Gasteiger partial charge is 0.298 e. The fourth-order valence-corrected chi connectivity index (χ4v) is 1.42. The molecule has 0 radical (unpaired) electrons. The van der Waals surface area contributed by atoms with Crippen LogP contribution in [0, 0.1) is 11.5 Å². The van der Waals surface area contributed by atoms with Gasteiger partial charge in [-0.1, -0.05) is 0 Å². The molecule has 0 spiro atoms. The van der Waals surface area contributed by atoms with Gasteiger partial charge in [-0.15, -0.1) is 11.8 Å². The van der Waals surface area contributed by atoms with Crippen LogP contribution >= 0.6 is 11.8 Å². The van der Waals surface area contributed by atoms with Crippen molar-refractivity contribution in [3.05, 3.63) is 0 Å². The third-order valence-electron chi connectivity index (χ3n) is 0.912. The summed E-state index contributed by atoms with van der Waals surface area (Å²) in [6, 6.07) is 0. The molecule has 1 aliphatic heterocycles. The fourth-order valence-electron chi connectivity index (χ4n) is 0.577. The van der Waals surface area contributed by atoms with Crippen LogP contribution in [0.4, 0.5) is 0 Å². The van der Waals surface area contributed by atoms with Gasteiger partial charge in [0.25, 0.3) is 0 Å². The van der Waals surface area contributed by atoms with E-state index in [-0.39, 0.29) is 5.50 Å². The van der Waals surface area contributed by atoms with Crippen molar-refractivity contribution in [3.63, 3.8) is 0 Å². The van der Waals surface area contributed by atoms with Gasteiger partial charge >= 0.3 is 0 Å². The molecule has 4 heteroatoms. The van der Waals surface area contributed by atoms with Gasteiger partial charge < -0.3 is 0 Å². The number of hydrogen-bond acceptors (Lipinski definition) is 4. The van der Waals surface area contributed by atoms with Gasteiger partial charge in [-0.05, 0) is 0 Å². The third kappa shape index (κ3) is 1.29. The van der Waals surface area contributed by atoms with Crippen LogP contribution in [0.5, 0.6) is 0 Å². The average Bonchev–Trinajstić information content (AvgIpc) is 2.19. The predicted octanol–water partition coefficient (Wildman–Crippen LogP) is -0.323. The second-order valence-corrected chi connectivity index (χ2v) is 2.67. The summed E-state index contributed by atoms with van der Waals surface area (Å²) in [5.41, 5.74) is 0.167. The van der Waals surface area contributed by atoms with Crippen LogP contribution in [0.1, 0.15) is 0 Å². The van der Waals surface area contributed by atoms with Crippen molar-refractivity contribution in [2.45, 2.75) is 5.50 Å². The molecule has 0 amide bonds. The number of nitrogens with zero attached hydrogens (tertiary/aromatic N) is 1. The van der Waals surface area contributed by atoms with E-state index in [0.29, 0.717) is 0 Å². The zero-order valence-corrected chi connectivity index (χ0v) is 5.16. The minimum absolute atomic E-state index is 0.167. The average molecular weight is 129 g/mol. The Labute approximate surface area is 52.4 Å². The predicted molar refractivity (Wildman–Crippen MR) is 33.0 cm³/mol. The van der Waals surface area contributed by atoms with Gasteiger partial charge in [-0.25, -0.2) is 0 Å². The second kappa shape index (κ2) is 2.80. The maximum Gasteiger partial charge on any atom is 0.178 e. The Balaban J connectivity index is 2.17. The number of nitriles is 1. The van der Waals surface area contributed by atoms with Crippen LogP contribution in [0.2, 0.25) is 0 Å². The number of rotatable bonds is 1. The van der Waals surface area contributed by atoms with Crippen LogP contribution in [0.25, 0.3) is 0 Å². The highest BCUT2D eigenvalue weighted by Gasteiger charge is 2.11. The molecule has 1 rings (SSSR count). The highest BCUT2D eigenvalue weighted by Crippen LogP contribution is 2.09. The Hall–Kier alpha value is -0.400. The minimum atomic E-state index is 0.167. The van der Waals surface area contributed by atoms with E-state index in [1.165, 1.54) is 0 Å². The number of nitrogens with one attached hydrogen (secondary N) is 2. The van der Waals surface area contributed by atoms with Crippen LogP contribution in [-0.4, -0.2) is 17.8 Å². The molecule has 0 bridgehead atoms. The summed E-state index contributed by atoms with van der Waals surface area (Å²) in [7, 11) is 0. The minimum Gasteiger partial charge on any atom is -0.298 e. The molecule has 0 aliphatic carbocycles. The van der Waals surface area contributed by atoms with Crippen LogP contribution in [-0.2, 0) is 0 Å². The van der Waals surface area contributed by atoms with Gasteiger partial charge in [-0.3, -0.25) is 10.6 Å². The number of thioether (sulfide) groups is 1. The zero-order valence-electron chi connectivity index (χ0n) is 4.35. The third-order valence-corrected chi connectivity index (χ3v) is 1.97. The van der Waals surface area contributed by atoms with Gasteiger partial charge in [-0.2, -0.15) is 5.26 Å². The van der Waals surface area contributed by atoms with E-state index in [9.17, 15) is 0 Å². The lowest BCUT2D eigenvalue weighted by Gasteiger charge is -2.02. The van der Waals surface area contributed by atoms with Crippen LogP contribution in [0.15, 0.2) is 0 Å². The summed E-state index contributed by atoms with van der Waals surface area (Å²) in [5.74, 6) is 1.10. The van der Waals surface area contributed by atoms with Gasteiger partial charge in [0, 0.05) is 12.3 Å². The Morgan fingerprint density at radius 1 is 1.88 bits per heavy atom. The SMILES string of the molecule is N#CNC1NCCS1. The first-order chi connectivity index (χ1) is 3.93. The number of hydrogen-bond donors (Lipinski definition) is 2. The first-order valence-electron chi connectivity index (χ1n) is 2.43. The molecule has 1 saturated heterocycles. The molecule has 44 valence electrons. The normalized spacial score (nSPS) is 27.1. The quantitative estimate of drug-likeness (QED) is 0.376. The second-order valence-electron chi connectivity index (χ2n) is 1.46. The Bertz CT molecular complexity index is 102. The van der Waals surface area contributed by atoms with Gasteiger partial charge in [0.15, 0.2) is 6.19 Å². The maximum atomic E-state index is 8.11. The molecule has 1 heterocycles. The molecule has 0 aromatic carbocycles. The Morgan fingerprint density at radius 3 is 3.25 bits per heavy atom. The molecule has 2 N–H and O–H groups in total. The van der Waals surface area contributed by atoms with Crippen molar-refractivity contribution < 1.29 is 0 Å². The molecule has 0 aromatic rings. The van der Waals surface area contributed by atoms with E-state index in [1.807, 2.05) is 6.19 Å². The molecular formula is C4H7N3S. The first kappa shape index (κ1) is 5.73. The van der Waals surface area contributed by atoms with Crippen LogP contribution < -0.4 is 10.6 Å². The molecule has 1 aliphatic rings. The van der Waals surface area contributed by atoms with E-state index in [2.05, 4.69) is 10.6 Å². The van der Waals surface area contributed by atoms with E-state index in [1.54, 1.807) is 11.8 Å². The lowest BCUT2D eigenvalue weighted by molar-refractivity contribution is 0.668. The first-order valence-corrected chi connectivity index (χ1v) is 3.48. The van der Waals surface area contributed by atoms with Crippen LogP contribution in [0.3, 0.4) is 0 Å². The van der Waals surface area contributed by atoms with Gasteiger partial charge in [0.1, 0.15) is 5.50 Å². The topological polar surface area (TPSA) is 47.9 Å². The molecule has 1 fully saturated rings. The molecule has 8 heavy (non-hydrogen) atoms. The summed E-state index contributed by atoms with van der Waals surface area (Å²) in [6.07, 6.45) is 1.88. The van der Waals surface area contributed by atoms with Crippen molar-refractivity contribution in [1.29, 1.82) is 5.26 Å². The van der Waals surface area contributed by atoms with E-state index in [4.69, 9.17) is 5.26 Å². The zero-order chi connectivity index (χ0) is 5.82. The van der Waals surface area contributed by atoms with E-state index in [0.717, 1.165) is 12.3 Å². The summed E-state index contributed by atoms with van der Waals surface area (Å²) in [4.78, 5) is 0. The van der Waals surface area contributed by atoms with Crippen molar-refractivity contribution in [1.82, 2.24) is 10.6 Å². The highest BCUT2D eigenvalue weighted by molar-refractivity contribution is 8.00. The Morgan fingerprint density at radius 2 is 2.75 bits per heavy atom. The standard InChI is InChI=1S/C4H7N3S/c5-3-7-4-6-1-2-8-4/h4,6-7H,1-2H2. The smallest absolute Gasteiger partial charge is 0.178 e. The van der Waals surface area contributed by atoms with Crippen molar-refractivity contribution in [2.75, 3.05) is 12.3 Å². The van der Waals surface area contributed by atoms with Gasteiger partial charge in [0.2, 0.25) is 0 Å². The molecule has 0 aromatic heterocycles. The monoisotopic (exact) mass is 129 g/mol. The highest BCUT2D eigenvalue weighted by atomic mass is 32.2. The van der Waals surface area contributed by atoms with Crippen molar-refractivity contribution >= 4 is 11.8 Å². The van der Waals surface area contributed by atoms with Crippen molar-refractivity contribution in [2.24, 2.45) is 0 Å². The maximum absolute atomic E-state index is 8.11. The Kier molecular flexibility index (Phi) is 2.00. The molecule has 0 saturated carbocycles.